The van der Waals surface area contributed by atoms with Gasteiger partial charge in [-0.3, -0.25) is 9.63 Å². The fourth-order valence-corrected chi connectivity index (χ4v) is 3.18. The first-order valence-electron chi connectivity index (χ1n) is 7.50. The maximum atomic E-state index is 13.1. The lowest BCUT2D eigenvalue weighted by atomic mass is 10.1. The van der Waals surface area contributed by atoms with Crippen LogP contribution in [0.3, 0.4) is 0 Å². The van der Waals surface area contributed by atoms with Gasteiger partial charge in [-0.1, -0.05) is 22.7 Å². The molecule has 0 spiro atoms. The quantitative estimate of drug-likeness (QED) is 0.761. The summed E-state index contributed by atoms with van der Waals surface area (Å²) < 4.78 is 38.2. The van der Waals surface area contributed by atoms with Gasteiger partial charge in [0.25, 0.3) is 15.9 Å². The molecule has 0 unspecified atom stereocenters. The van der Waals surface area contributed by atoms with Gasteiger partial charge in [-0.05, 0) is 42.3 Å². The molecule has 0 aliphatic rings. The van der Waals surface area contributed by atoms with Gasteiger partial charge in [-0.25, -0.2) is 12.8 Å². The van der Waals surface area contributed by atoms with E-state index in [9.17, 15) is 17.6 Å². The number of hydroxylamine groups is 1. The lowest BCUT2D eigenvalue weighted by Gasteiger charge is -2.14. The molecule has 0 aromatic heterocycles. The normalized spacial score (nSPS) is 11.5. The van der Waals surface area contributed by atoms with Crippen LogP contribution in [0.4, 0.5) is 4.39 Å². The van der Waals surface area contributed by atoms with Crippen molar-refractivity contribution in [2.24, 2.45) is 0 Å². The van der Waals surface area contributed by atoms with Gasteiger partial charge in [-0.2, -0.15) is 0 Å². The second-order valence-corrected chi connectivity index (χ2v) is 7.20. The molecule has 0 saturated heterocycles. The van der Waals surface area contributed by atoms with E-state index in [1.165, 1.54) is 50.6 Å². The number of nitrogens with one attached hydrogen (secondary N) is 1. The molecule has 8 heteroatoms. The maximum absolute atomic E-state index is 13.1. The third-order valence-corrected chi connectivity index (χ3v) is 5.25. The van der Waals surface area contributed by atoms with Crippen molar-refractivity contribution in [2.75, 3.05) is 20.7 Å². The first-order chi connectivity index (χ1) is 11.8. The second-order valence-electron chi connectivity index (χ2n) is 5.26. The minimum Gasteiger partial charge on any atom is -0.352 e. The van der Waals surface area contributed by atoms with Crippen molar-refractivity contribution in [1.82, 2.24) is 9.79 Å². The van der Waals surface area contributed by atoms with E-state index in [-0.39, 0.29) is 16.3 Å². The van der Waals surface area contributed by atoms with Gasteiger partial charge < -0.3 is 5.32 Å². The monoisotopic (exact) mass is 366 g/mol. The Bertz CT molecular complexity index is 855. The van der Waals surface area contributed by atoms with Gasteiger partial charge in [-0.15, -0.1) is 0 Å². The highest BCUT2D eigenvalue weighted by Gasteiger charge is 2.21. The summed E-state index contributed by atoms with van der Waals surface area (Å²) in [6.45, 7) is 0.303. The van der Waals surface area contributed by atoms with Crippen LogP contribution >= 0.6 is 0 Å². The van der Waals surface area contributed by atoms with Gasteiger partial charge in [0.2, 0.25) is 0 Å². The summed E-state index contributed by atoms with van der Waals surface area (Å²) in [5.41, 5.74) is 0.975. The third-order valence-electron chi connectivity index (χ3n) is 3.58. The number of amides is 1. The number of hydrogen-bond donors (Lipinski definition) is 1. The van der Waals surface area contributed by atoms with Crippen molar-refractivity contribution in [3.05, 3.63) is 65.5 Å². The van der Waals surface area contributed by atoms with E-state index in [0.29, 0.717) is 17.4 Å². The molecule has 2 aromatic rings. The lowest BCUT2D eigenvalue weighted by molar-refractivity contribution is -0.0258. The minimum atomic E-state index is -3.82. The van der Waals surface area contributed by atoms with Crippen molar-refractivity contribution in [1.29, 1.82) is 0 Å². The number of hydrogen-bond acceptors (Lipinski definition) is 4. The van der Waals surface area contributed by atoms with Gasteiger partial charge >= 0.3 is 0 Å². The summed E-state index contributed by atoms with van der Waals surface area (Å²) in [7, 11) is -1.32. The van der Waals surface area contributed by atoms with E-state index < -0.39 is 15.9 Å². The van der Waals surface area contributed by atoms with Crippen LogP contribution in [-0.2, 0) is 21.3 Å². The Kier molecular flexibility index (Phi) is 6.24. The zero-order valence-electron chi connectivity index (χ0n) is 13.9. The van der Waals surface area contributed by atoms with Gasteiger partial charge in [0.1, 0.15) is 5.82 Å². The molecule has 25 heavy (non-hydrogen) atoms. The van der Waals surface area contributed by atoms with Crippen molar-refractivity contribution in [2.45, 2.75) is 11.3 Å². The standard InChI is InChI=1S/C17H19FN2O4S/c1-20(24-2)25(22,23)16-8-4-6-14(12-16)17(21)19-10-9-13-5-3-7-15(18)11-13/h3-8,11-12H,9-10H2,1-2H3,(H,19,21). The van der Waals surface area contributed by atoms with Crippen molar-refractivity contribution >= 4 is 15.9 Å². The van der Waals surface area contributed by atoms with Gasteiger partial charge in [0.05, 0.1) is 12.0 Å². The molecule has 1 amide bonds. The molecule has 0 bridgehead atoms. The Balaban J connectivity index is 2.04. The largest absolute Gasteiger partial charge is 0.352 e. The molecule has 0 saturated carbocycles. The predicted octanol–water partition coefficient (Wildman–Crippen LogP) is 1.98. The van der Waals surface area contributed by atoms with Crippen LogP contribution in [0, 0.1) is 5.82 Å². The first kappa shape index (κ1) is 19.0. The predicted molar refractivity (Wildman–Crippen MR) is 90.8 cm³/mol. The average Bonchev–Trinajstić information content (AvgIpc) is 2.61. The lowest BCUT2D eigenvalue weighted by Crippen LogP contribution is -2.27. The molecule has 6 nitrogen and oxygen atoms in total. The smallest absolute Gasteiger partial charge is 0.264 e. The number of benzene rings is 2. The van der Waals surface area contributed by atoms with Crippen LogP contribution in [-0.4, -0.2) is 39.5 Å². The number of nitrogens with zero attached hydrogens (tertiary/aromatic N) is 1. The molecule has 2 aromatic carbocycles. The van der Waals surface area contributed by atoms with Crippen LogP contribution in [0.5, 0.6) is 0 Å². The maximum Gasteiger partial charge on any atom is 0.264 e. The SMILES string of the molecule is CON(C)S(=O)(=O)c1cccc(C(=O)NCCc2cccc(F)c2)c1. The zero-order chi connectivity index (χ0) is 18.4. The van der Waals surface area contributed by atoms with Crippen molar-refractivity contribution in [3.8, 4) is 0 Å². The number of carbonyl (C=O) groups excluding carboxylic acids is 1. The number of carbonyl (C=O) groups is 1. The van der Waals surface area contributed by atoms with E-state index in [4.69, 9.17) is 4.84 Å². The number of rotatable bonds is 7. The fraction of sp³-hybridized carbons (Fsp3) is 0.235. The van der Waals surface area contributed by atoms with Crippen LogP contribution in [0.1, 0.15) is 15.9 Å². The van der Waals surface area contributed by atoms with Gasteiger partial charge in [0.15, 0.2) is 0 Å². The van der Waals surface area contributed by atoms with E-state index in [1.54, 1.807) is 12.1 Å². The Labute approximate surface area is 146 Å². The molecule has 0 aliphatic carbocycles. The van der Waals surface area contributed by atoms with Gasteiger partial charge in [0, 0.05) is 19.2 Å². The Morgan fingerprint density at radius 2 is 1.92 bits per heavy atom. The summed E-state index contributed by atoms with van der Waals surface area (Å²) in [6, 6.07) is 11.8. The minimum absolute atomic E-state index is 0.0466. The molecule has 0 radical (unpaired) electrons. The molecule has 1 N–H and O–H groups in total. The van der Waals surface area contributed by atoms with E-state index >= 15 is 0 Å². The molecule has 0 atom stereocenters. The summed E-state index contributed by atoms with van der Waals surface area (Å²) in [6.07, 6.45) is 0.466. The molecule has 2 rings (SSSR count). The highest BCUT2D eigenvalue weighted by molar-refractivity contribution is 7.89. The Morgan fingerprint density at radius 1 is 1.20 bits per heavy atom. The summed E-state index contributed by atoms with van der Waals surface area (Å²) in [4.78, 5) is 16.9. The van der Waals surface area contributed by atoms with Crippen LogP contribution in [0.2, 0.25) is 0 Å². The number of halogens is 1. The molecule has 0 heterocycles. The molecule has 134 valence electrons. The molecule has 0 aliphatic heterocycles. The summed E-state index contributed by atoms with van der Waals surface area (Å²) in [5, 5.41) is 2.69. The summed E-state index contributed by atoms with van der Waals surface area (Å²) >= 11 is 0. The fourth-order valence-electron chi connectivity index (χ4n) is 2.16. The second kappa shape index (κ2) is 8.19. The van der Waals surface area contributed by atoms with Crippen molar-refractivity contribution < 1.29 is 22.4 Å². The third kappa shape index (κ3) is 4.85. The molecular weight excluding hydrogens is 347 g/mol. The number of sulfonamides is 1. The van der Waals surface area contributed by atoms with Crippen LogP contribution in [0.15, 0.2) is 53.4 Å². The van der Waals surface area contributed by atoms with E-state index in [2.05, 4.69) is 5.32 Å². The molecular formula is C17H19FN2O4S. The highest BCUT2D eigenvalue weighted by Crippen LogP contribution is 2.16. The summed E-state index contributed by atoms with van der Waals surface area (Å²) in [5.74, 6) is -0.738. The topological polar surface area (TPSA) is 75.7 Å². The Hall–Kier alpha value is -2.29. The highest BCUT2D eigenvalue weighted by atomic mass is 32.2. The zero-order valence-corrected chi connectivity index (χ0v) is 14.7. The Morgan fingerprint density at radius 3 is 2.60 bits per heavy atom. The average molecular weight is 366 g/mol. The van der Waals surface area contributed by atoms with E-state index in [0.717, 1.165) is 5.56 Å². The first-order valence-corrected chi connectivity index (χ1v) is 8.94. The van der Waals surface area contributed by atoms with E-state index in [1.807, 2.05) is 0 Å². The van der Waals surface area contributed by atoms with Crippen LogP contribution < -0.4 is 5.32 Å². The van der Waals surface area contributed by atoms with Crippen LogP contribution in [0.25, 0.3) is 0 Å². The van der Waals surface area contributed by atoms with Crippen molar-refractivity contribution in [3.63, 3.8) is 0 Å². The molecule has 0 fully saturated rings.